The van der Waals surface area contributed by atoms with Crippen LogP contribution in [-0.2, 0) is 0 Å². The third-order valence-electron chi connectivity index (χ3n) is 5.15. The molecule has 1 aliphatic carbocycles. The Hall–Kier alpha value is -1.29. The van der Waals surface area contributed by atoms with E-state index in [-0.39, 0.29) is 0 Å². The molecule has 114 valence electrons. The smallest absolute Gasteiger partial charge is 0.0994 e. The lowest BCUT2D eigenvalue weighted by molar-refractivity contribution is 0.302. The number of hydrogen-bond acceptors (Lipinski definition) is 1. The first-order valence-electron chi connectivity index (χ1n) is 8.75. The van der Waals surface area contributed by atoms with Crippen molar-refractivity contribution in [2.24, 2.45) is 5.92 Å². The highest BCUT2D eigenvalue weighted by Crippen LogP contribution is 2.38. The molecule has 0 atom stereocenters. The zero-order chi connectivity index (χ0) is 15.1. The van der Waals surface area contributed by atoms with Gasteiger partial charge in [-0.2, -0.15) is 5.26 Å². The van der Waals surface area contributed by atoms with Crippen molar-refractivity contribution >= 4 is 0 Å². The van der Waals surface area contributed by atoms with Gasteiger partial charge in [-0.1, -0.05) is 51.2 Å². The monoisotopic (exact) mass is 283 g/mol. The zero-order valence-electron chi connectivity index (χ0n) is 13.7. The van der Waals surface area contributed by atoms with Crippen LogP contribution in [0.5, 0.6) is 0 Å². The first-order chi connectivity index (χ1) is 10.2. The topological polar surface area (TPSA) is 23.8 Å². The van der Waals surface area contributed by atoms with Gasteiger partial charge in [-0.05, 0) is 61.6 Å². The number of rotatable bonds is 6. The molecule has 0 aliphatic heterocycles. The summed E-state index contributed by atoms with van der Waals surface area (Å²) < 4.78 is 0. The Balaban J connectivity index is 1.81. The van der Waals surface area contributed by atoms with Crippen LogP contribution in [0.2, 0.25) is 0 Å². The fourth-order valence-corrected chi connectivity index (χ4v) is 3.71. The molecule has 1 aliphatic rings. The Morgan fingerprint density at radius 3 is 2.48 bits per heavy atom. The van der Waals surface area contributed by atoms with Gasteiger partial charge in [0.15, 0.2) is 0 Å². The van der Waals surface area contributed by atoms with Crippen LogP contribution >= 0.6 is 0 Å². The molecule has 1 aromatic rings. The Bertz CT molecular complexity index is 475. The molecule has 0 heterocycles. The van der Waals surface area contributed by atoms with Crippen molar-refractivity contribution in [1.29, 1.82) is 5.26 Å². The van der Waals surface area contributed by atoms with Gasteiger partial charge in [0, 0.05) is 0 Å². The van der Waals surface area contributed by atoms with E-state index < -0.39 is 0 Å². The summed E-state index contributed by atoms with van der Waals surface area (Å²) in [6.07, 6.45) is 12.5. The highest BCUT2D eigenvalue weighted by atomic mass is 14.3. The highest BCUT2D eigenvalue weighted by molar-refractivity contribution is 5.40. The van der Waals surface area contributed by atoms with Crippen molar-refractivity contribution in [3.05, 3.63) is 34.9 Å². The maximum atomic E-state index is 9.02. The number of benzene rings is 1. The van der Waals surface area contributed by atoms with Gasteiger partial charge < -0.3 is 0 Å². The summed E-state index contributed by atoms with van der Waals surface area (Å²) in [5.41, 5.74) is 3.41. The second-order valence-corrected chi connectivity index (χ2v) is 6.75. The average Bonchev–Trinajstić information content (AvgIpc) is 2.52. The van der Waals surface area contributed by atoms with Gasteiger partial charge in [-0.25, -0.2) is 0 Å². The van der Waals surface area contributed by atoms with Crippen LogP contribution in [-0.4, -0.2) is 0 Å². The minimum Gasteiger partial charge on any atom is -0.192 e. The Morgan fingerprint density at radius 1 is 1.10 bits per heavy atom. The Labute approximate surface area is 130 Å². The average molecular weight is 283 g/mol. The third kappa shape index (κ3) is 4.60. The molecule has 0 amide bonds. The summed E-state index contributed by atoms with van der Waals surface area (Å²) in [5, 5.41) is 9.02. The molecule has 2 rings (SSSR count). The minimum absolute atomic E-state index is 0.725. The van der Waals surface area contributed by atoms with Gasteiger partial charge in [-0.15, -0.1) is 0 Å². The molecule has 1 saturated carbocycles. The van der Waals surface area contributed by atoms with E-state index in [0.717, 1.165) is 23.0 Å². The number of nitrogens with zero attached hydrogens (tertiary/aromatic N) is 1. The SMILES string of the molecule is CCCCCCC1CCC(c2ccc(C#N)c(C)c2)CC1. The van der Waals surface area contributed by atoms with Gasteiger partial charge >= 0.3 is 0 Å². The van der Waals surface area contributed by atoms with E-state index in [1.807, 2.05) is 6.07 Å². The Kier molecular flexibility index (Phi) is 6.30. The predicted molar refractivity (Wildman–Crippen MR) is 89.4 cm³/mol. The van der Waals surface area contributed by atoms with Crippen molar-refractivity contribution in [1.82, 2.24) is 0 Å². The van der Waals surface area contributed by atoms with Crippen molar-refractivity contribution < 1.29 is 0 Å². The normalized spacial score (nSPS) is 22.0. The first-order valence-corrected chi connectivity index (χ1v) is 8.75. The van der Waals surface area contributed by atoms with Gasteiger partial charge in [0.05, 0.1) is 11.6 Å². The van der Waals surface area contributed by atoms with Crippen LogP contribution < -0.4 is 0 Å². The minimum atomic E-state index is 0.725. The zero-order valence-corrected chi connectivity index (χ0v) is 13.7. The quantitative estimate of drug-likeness (QED) is 0.578. The van der Waals surface area contributed by atoms with E-state index in [1.54, 1.807) is 0 Å². The van der Waals surface area contributed by atoms with Gasteiger partial charge in [0.25, 0.3) is 0 Å². The molecular formula is C20H29N. The van der Waals surface area contributed by atoms with Gasteiger partial charge in [0.1, 0.15) is 0 Å². The second-order valence-electron chi connectivity index (χ2n) is 6.75. The molecule has 1 aromatic carbocycles. The molecule has 0 unspecified atom stereocenters. The summed E-state index contributed by atoms with van der Waals surface area (Å²) in [4.78, 5) is 0. The lowest BCUT2D eigenvalue weighted by Crippen LogP contribution is -2.13. The molecule has 0 radical (unpaired) electrons. The van der Waals surface area contributed by atoms with Crippen LogP contribution in [0.25, 0.3) is 0 Å². The maximum absolute atomic E-state index is 9.02. The van der Waals surface area contributed by atoms with E-state index >= 15 is 0 Å². The number of aryl methyl sites for hydroxylation is 1. The van der Waals surface area contributed by atoms with Crippen molar-refractivity contribution in [2.45, 2.75) is 77.6 Å². The van der Waals surface area contributed by atoms with E-state index in [1.165, 1.54) is 63.4 Å². The van der Waals surface area contributed by atoms with Crippen LogP contribution in [0.4, 0.5) is 0 Å². The van der Waals surface area contributed by atoms with E-state index in [9.17, 15) is 0 Å². The largest absolute Gasteiger partial charge is 0.192 e. The van der Waals surface area contributed by atoms with Crippen molar-refractivity contribution in [3.8, 4) is 6.07 Å². The van der Waals surface area contributed by atoms with Crippen molar-refractivity contribution in [2.75, 3.05) is 0 Å². The molecule has 1 fully saturated rings. The van der Waals surface area contributed by atoms with Crippen LogP contribution in [0.1, 0.15) is 87.3 Å². The summed E-state index contributed by atoms with van der Waals surface area (Å²) in [6, 6.07) is 8.69. The molecular weight excluding hydrogens is 254 g/mol. The third-order valence-corrected chi connectivity index (χ3v) is 5.15. The summed E-state index contributed by atoms with van der Waals surface area (Å²) >= 11 is 0. The standard InChI is InChI=1S/C20H29N/c1-3-4-5-6-7-17-8-10-18(11-9-17)19-12-13-20(15-21)16(2)14-19/h12-14,17-18H,3-11H2,1-2H3. The lowest BCUT2D eigenvalue weighted by Gasteiger charge is -2.29. The van der Waals surface area contributed by atoms with Gasteiger partial charge in [-0.3, -0.25) is 0 Å². The molecule has 0 bridgehead atoms. The number of nitriles is 1. The summed E-state index contributed by atoms with van der Waals surface area (Å²) in [7, 11) is 0. The molecule has 1 nitrogen and oxygen atoms in total. The summed E-state index contributed by atoms with van der Waals surface area (Å²) in [6.45, 7) is 4.34. The van der Waals surface area contributed by atoms with Crippen molar-refractivity contribution in [3.63, 3.8) is 0 Å². The van der Waals surface area contributed by atoms with E-state index in [0.29, 0.717) is 0 Å². The molecule has 1 heteroatoms. The lowest BCUT2D eigenvalue weighted by atomic mass is 9.76. The fraction of sp³-hybridized carbons (Fsp3) is 0.650. The maximum Gasteiger partial charge on any atom is 0.0994 e. The number of unbranched alkanes of at least 4 members (excludes halogenated alkanes) is 3. The summed E-state index contributed by atoms with van der Waals surface area (Å²) in [5.74, 6) is 1.70. The molecule has 21 heavy (non-hydrogen) atoms. The van der Waals surface area contributed by atoms with E-state index in [4.69, 9.17) is 5.26 Å². The molecule has 0 N–H and O–H groups in total. The molecule has 0 aromatic heterocycles. The highest BCUT2D eigenvalue weighted by Gasteiger charge is 2.22. The molecule has 0 saturated heterocycles. The molecule has 0 spiro atoms. The predicted octanol–water partition coefficient (Wildman–Crippen LogP) is 6.11. The van der Waals surface area contributed by atoms with Gasteiger partial charge in [0.2, 0.25) is 0 Å². The Morgan fingerprint density at radius 2 is 1.86 bits per heavy atom. The van der Waals surface area contributed by atoms with Crippen LogP contribution in [0.15, 0.2) is 18.2 Å². The number of hydrogen-bond donors (Lipinski definition) is 0. The second kappa shape index (κ2) is 8.23. The first kappa shape index (κ1) is 16.1. The van der Waals surface area contributed by atoms with E-state index in [2.05, 4.69) is 32.0 Å². The van der Waals surface area contributed by atoms with Crippen LogP contribution in [0, 0.1) is 24.2 Å². The fourth-order valence-electron chi connectivity index (χ4n) is 3.71. The van der Waals surface area contributed by atoms with Crippen LogP contribution in [0.3, 0.4) is 0 Å².